The van der Waals surface area contributed by atoms with Crippen molar-refractivity contribution in [3.05, 3.63) is 130 Å². The molecule has 0 radical (unpaired) electrons. The number of hydrogen-bond acceptors (Lipinski definition) is 16. The number of benzene rings is 3. The third-order valence-electron chi connectivity index (χ3n) is 14.2. The number of rotatable bonds is 19. The molecular formula is C55H63NO16. The van der Waals surface area contributed by atoms with Crippen LogP contribution in [0, 0.1) is 22.7 Å². The van der Waals surface area contributed by atoms with E-state index in [2.05, 4.69) is 5.32 Å². The maximum Gasteiger partial charge on any atom is 0.350 e. The van der Waals surface area contributed by atoms with Crippen LogP contribution >= 0.6 is 0 Å². The van der Waals surface area contributed by atoms with Crippen LogP contribution in [0.15, 0.2) is 114 Å². The molecule has 2 bridgehead atoms. The molecule has 3 aliphatic rings. The molecule has 3 aromatic rings. The van der Waals surface area contributed by atoms with Crippen molar-refractivity contribution in [1.82, 2.24) is 5.32 Å². The van der Waals surface area contributed by atoms with Crippen molar-refractivity contribution in [2.24, 2.45) is 22.7 Å². The van der Waals surface area contributed by atoms with Crippen LogP contribution in [0.3, 0.4) is 0 Å². The number of allylic oxidation sites excluding steroid dienone is 2. The van der Waals surface area contributed by atoms with Crippen molar-refractivity contribution in [3.8, 4) is 0 Å². The first-order chi connectivity index (χ1) is 34.0. The highest BCUT2D eigenvalue weighted by molar-refractivity contribution is 5.96. The number of carbonyl (C=O) groups excluding carboxylic acids is 8. The van der Waals surface area contributed by atoms with Gasteiger partial charge >= 0.3 is 29.8 Å². The van der Waals surface area contributed by atoms with Gasteiger partial charge in [-0.2, -0.15) is 0 Å². The Morgan fingerprint density at radius 3 is 1.92 bits per heavy atom. The van der Waals surface area contributed by atoms with E-state index in [1.807, 2.05) is 13.0 Å². The molecule has 0 heterocycles. The highest BCUT2D eigenvalue weighted by atomic mass is 16.6. The Bertz CT molecular complexity index is 2590. The van der Waals surface area contributed by atoms with Crippen LogP contribution in [-0.2, 0) is 57.2 Å². The molecule has 384 valence electrons. The van der Waals surface area contributed by atoms with E-state index in [0.29, 0.717) is 6.42 Å². The minimum Gasteiger partial charge on any atom is -0.465 e. The number of amides is 1. The summed E-state index contributed by atoms with van der Waals surface area (Å²) >= 11 is 0. The molecule has 17 nitrogen and oxygen atoms in total. The average molecular weight is 994 g/mol. The molecule has 10 atom stereocenters. The number of esters is 5. The predicted molar refractivity (Wildman–Crippen MR) is 257 cm³/mol. The van der Waals surface area contributed by atoms with Gasteiger partial charge in [0.05, 0.1) is 23.7 Å². The van der Waals surface area contributed by atoms with E-state index in [9.17, 15) is 39.0 Å². The first-order valence-electron chi connectivity index (χ1n) is 23.8. The largest absolute Gasteiger partial charge is 0.465 e. The fourth-order valence-corrected chi connectivity index (χ4v) is 10.3. The van der Waals surface area contributed by atoms with Crippen molar-refractivity contribution in [2.75, 3.05) is 19.8 Å². The van der Waals surface area contributed by atoms with E-state index in [-0.39, 0.29) is 40.2 Å². The van der Waals surface area contributed by atoms with Gasteiger partial charge in [0.15, 0.2) is 17.7 Å². The second-order valence-electron chi connectivity index (χ2n) is 19.6. The number of hydrogen-bond donors (Lipinski definition) is 3. The monoisotopic (exact) mass is 993 g/mol. The van der Waals surface area contributed by atoms with Crippen molar-refractivity contribution in [3.63, 3.8) is 0 Å². The van der Waals surface area contributed by atoms with Crippen LogP contribution in [0.1, 0.15) is 107 Å². The number of fused-ring (bicyclic) bond motifs is 2. The first kappa shape index (κ1) is 54.5. The molecule has 3 aromatic carbocycles. The zero-order valence-corrected chi connectivity index (χ0v) is 41.7. The summed E-state index contributed by atoms with van der Waals surface area (Å²) in [4.78, 5) is 110. The van der Waals surface area contributed by atoms with Gasteiger partial charge in [0.25, 0.3) is 5.91 Å². The van der Waals surface area contributed by atoms with Crippen LogP contribution in [0.25, 0.3) is 0 Å². The van der Waals surface area contributed by atoms with Crippen LogP contribution in [0.2, 0.25) is 0 Å². The molecule has 0 aliphatic heterocycles. The molecule has 0 saturated heterocycles. The van der Waals surface area contributed by atoms with Gasteiger partial charge in [0.1, 0.15) is 37.1 Å². The Labute approximate surface area is 418 Å². The fraction of sp³-hybridized carbons (Fsp3) is 0.455. The van der Waals surface area contributed by atoms with Crippen molar-refractivity contribution in [1.29, 1.82) is 0 Å². The Balaban J connectivity index is 1.55. The molecule has 1 saturated carbocycles. The number of carbonyl (C=O) groups is 8. The highest BCUT2D eigenvalue weighted by Crippen LogP contribution is 2.59. The molecule has 17 heteroatoms. The summed E-state index contributed by atoms with van der Waals surface area (Å²) in [5.41, 5.74) is -4.65. The maximum absolute atomic E-state index is 15.8. The zero-order valence-electron chi connectivity index (χ0n) is 41.7. The second kappa shape index (κ2) is 22.7. The van der Waals surface area contributed by atoms with Crippen LogP contribution < -0.4 is 5.32 Å². The van der Waals surface area contributed by atoms with E-state index >= 15 is 9.59 Å². The third kappa shape index (κ3) is 11.8. The first-order valence-corrected chi connectivity index (χ1v) is 23.8. The molecule has 0 aromatic heterocycles. The lowest BCUT2D eigenvalue weighted by atomic mass is 9.50. The molecular weight excluding hydrogens is 931 g/mol. The molecule has 3 N–H and O–H groups in total. The molecule has 6 rings (SSSR count). The maximum atomic E-state index is 15.8. The van der Waals surface area contributed by atoms with Gasteiger partial charge in [0, 0.05) is 37.2 Å². The Morgan fingerprint density at radius 2 is 1.36 bits per heavy atom. The van der Waals surface area contributed by atoms with Gasteiger partial charge in [-0.15, -0.1) is 0 Å². The molecule has 0 spiro atoms. The van der Waals surface area contributed by atoms with Gasteiger partial charge in [0.2, 0.25) is 6.10 Å². The Hall–Kier alpha value is -6.82. The predicted octanol–water partition coefficient (Wildman–Crippen LogP) is 5.71. The molecule has 1 amide bonds. The minimum atomic E-state index is -2.46. The van der Waals surface area contributed by atoms with Crippen molar-refractivity contribution in [2.45, 2.75) is 117 Å². The smallest absolute Gasteiger partial charge is 0.350 e. The summed E-state index contributed by atoms with van der Waals surface area (Å²) < 4.78 is 35.3. The molecule has 1 unspecified atom stereocenters. The van der Waals surface area contributed by atoms with E-state index < -0.39 is 132 Å². The number of nitrogens with one attached hydrogen (secondary N) is 1. The molecule has 72 heavy (non-hydrogen) atoms. The van der Waals surface area contributed by atoms with Crippen LogP contribution in [-0.4, -0.2) is 113 Å². The van der Waals surface area contributed by atoms with E-state index in [4.69, 9.17) is 28.4 Å². The van der Waals surface area contributed by atoms with Gasteiger partial charge < -0.3 is 44.0 Å². The number of ketones is 2. The van der Waals surface area contributed by atoms with E-state index in [0.717, 1.165) is 19.4 Å². The Morgan fingerprint density at radius 1 is 0.778 bits per heavy atom. The van der Waals surface area contributed by atoms with Gasteiger partial charge in [-0.25, -0.2) is 14.4 Å². The van der Waals surface area contributed by atoms with Gasteiger partial charge in [-0.1, -0.05) is 92.2 Å². The normalized spacial score (nSPS) is 25.6. The summed E-state index contributed by atoms with van der Waals surface area (Å²) in [5, 5.41) is 29.1. The van der Waals surface area contributed by atoms with Crippen LogP contribution in [0.5, 0.6) is 0 Å². The fourth-order valence-electron chi connectivity index (χ4n) is 10.3. The molecule has 1 fully saturated rings. The quantitative estimate of drug-likeness (QED) is 0.0740. The minimum absolute atomic E-state index is 0.00563. The zero-order chi connectivity index (χ0) is 52.7. The van der Waals surface area contributed by atoms with Crippen molar-refractivity contribution < 1.29 is 77.0 Å². The third-order valence-corrected chi connectivity index (χ3v) is 14.2. The van der Waals surface area contributed by atoms with Gasteiger partial charge in [-0.05, 0) is 87.4 Å². The van der Waals surface area contributed by atoms with Crippen molar-refractivity contribution >= 4 is 47.3 Å². The van der Waals surface area contributed by atoms with Crippen LogP contribution in [0.4, 0.5) is 0 Å². The number of Topliss-reactive ketones (excluding diaryl/α,β-unsaturated/α-hetero) is 2. The standard InChI is InChI=1S/C55H63NO16/c1-31-24-36(25-31)26-42(60)54(8)40(29-68-34(4)58)49(72-51(64)39-22-16-11-17-23-39)55(66)27-41(33(3)44(53(55,6)7)46(48(54)62)69-35(5)59)70-52(65)47(71-43(61)30-67-28-32(2)57)45(37-18-12-9-13-19-37)56-50(63)38-20-14-10-15-21-38/h9-24,36,40-42,45-47,49,60,66H,25-30H2,1-8H3,(H,56,63)/t36?,40-,41-,42-,45-,46+,47+,49-,54-,55+/m0/s1. The lowest BCUT2D eigenvalue weighted by molar-refractivity contribution is -0.225. The van der Waals surface area contributed by atoms with E-state index in [1.165, 1.54) is 58.9 Å². The SMILES string of the molecule is CC(=O)COCC(=O)O[C@@H](C(=O)O[C@H]1C[C@@]2(O)[C@@H](OC(=O)c3ccccc3)[C@H](COC(C)=O)[C@@](C)([C@@H](O)CC3C=C(C)C3)C(=O)[C@H](OC(C)=O)C(=C1C)C2(C)C)[C@@H](NC(=O)c1ccccc1)c1ccccc1. The summed E-state index contributed by atoms with van der Waals surface area (Å²) in [6.07, 6.45) is -6.99. The number of ether oxygens (including phenoxy) is 6. The highest BCUT2D eigenvalue weighted by Gasteiger charge is 2.69. The summed E-state index contributed by atoms with van der Waals surface area (Å²) in [7, 11) is 0. The summed E-state index contributed by atoms with van der Waals surface area (Å²) in [6.45, 7) is 9.40. The lowest BCUT2D eigenvalue weighted by Crippen LogP contribution is -2.71. The topological polar surface area (TPSA) is 244 Å². The summed E-state index contributed by atoms with van der Waals surface area (Å²) in [6, 6.07) is 22.4. The average Bonchev–Trinajstić information content (AvgIpc) is 3.32. The summed E-state index contributed by atoms with van der Waals surface area (Å²) in [5.74, 6) is -8.79. The number of aliphatic hydroxyl groups is 2. The second-order valence-corrected chi connectivity index (χ2v) is 19.6. The van der Waals surface area contributed by atoms with E-state index in [1.54, 1.807) is 66.7 Å². The molecule has 3 aliphatic carbocycles. The lowest BCUT2D eigenvalue weighted by Gasteiger charge is -2.59. The number of aliphatic hydroxyl groups excluding tert-OH is 1. The Kier molecular flexibility index (Phi) is 17.2. The van der Waals surface area contributed by atoms with Gasteiger partial charge in [-0.3, -0.25) is 24.0 Å².